The van der Waals surface area contributed by atoms with E-state index in [0.29, 0.717) is 6.04 Å². The third kappa shape index (κ3) is 4.23. The summed E-state index contributed by atoms with van der Waals surface area (Å²) in [6, 6.07) is 15.3. The Morgan fingerprint density at radius 3 is 2.23 bits per heavy atom. The van der Waals surface area contributed by atoms with Crippen molar-refractivity contribution in [2.45, 2.75) is 39.3 Å². The topological polar surface area (TPSA) is 12.5 Å². The molecule has 0 fully saturated rings. The third-order valence-electron chi connectivity index (χ3n) is 3.91. The first kappa shape index (κ1) is 16.3. The van der Waals surface area contributed by atoms with E-state index < -0.39 is 0 Å². The fourth-order valence-corrected chi connectivity index (χ4v) is 2.64. The van der Waals surface area contributed by atoms with Gasteiger partial charge in [0.05, 0.1) is 7.11 Å². The van der Waals surface area contributed by atoms with Crippen LogP contribution >= 0.6 is 0 Å². The number of anilines is 1. The zero-order chi connectivity index (χ0) is 15.9. The maximum atomic E-state index is 13.1. The number of ether oxygens (including phenoxy) is 1. The van der Waals surface area contributed by atoms with Crippen molar-refractivity contribution in [2.24, 2.45) is 0 Å². The molecule has 2 aromatic rings. The lowest BCUT2D eigenvalue weighted by molar-refractivity contribution is 0.414. The first-order chi connectivity index (χ1) is 10.6. The zero-order valence-electron chi connectivity index (χ0n) is 13.6. The van der Waals surface area contributed by atoms with Crippen LogP contribution in [0.1, 0.15) is 32.3 Å². The number of hydrogen-bond donors (Lipinski definition) is 0. The summed E-state index contributed by atoms with van der Waals surface area (Å²) in [5.41, 5.74) is 2.27. The Bertz CT molecular complexity index is 565. The van der Waals surface area contributed by atoms with Gasteiger partial charge < -0.3 is 9.64 Å². The van der Waals surface area contributed by atoms with E-state index in [1.807, 2.05) is 24.3 Å². The molecule has 0 heterocycles. The lowest BCUT2D eigenvalue weighted by atomic mass is 10.1. The summed E-state index contributed by atoms with van der Waals surface area (Å²) in [6.07, 6.45) is 2.25. The van der Waals surface area contributed by atoms with Gasteiger partial charge in [0, 0.05) is 18.3 Å². The van der Waals surface area contributed by atoms with Gasteiger partial charge in [0.2, 0.25) is 0 Å². The molecule has 0 bridgehead atoms. The van der Waals surface area contributed by atoms with Crippen LogP contribution in [-0.4, -0.2) is 13.2 Å². The summed E-state index contributed by atoms with van der Waals surface area (Å²) in [7, 11) is 1.67. The summed E-state index contributed by atoms with van der Waals surface area (Å²) in [5, 5.41) is 0. The molecule has 0 saturated heterocycles. The van der Waals surface area contributed by atoms with Gasteiger partial charge in [-0.05, 0) is 55.3 Å². The first-order valence-electron chi connectivity index (χ1n) is 7.79. The number of hydrogen-bond acceptors (Lipinski definition) is 2. The highest BCUT2D eigenvalue weighted by Crippen LogP contribution is 2.24. The van der Waals surface area contributed by atoms with Gasteiger partial charge in [-0.25, -0.2) is 4.39 Å². The maximum absolute atomic E-state index is 13.1. The van der Waals surface area contributed by atoms with E-state index in [0.717, 1.165) is 36.4 Å². The van der Waals surface area contributed by atoms with E-state index in [2.05, 4.69) is 30.9 Å². The van der Waals surface area contributed by atoms with E-state index in [1.165, 1.54) is 12.1 Å². The van der Waals surface area contributed by atoms with Crippen LogP contribution < -0.4 is 9.64 Å². The average molecular weight is 301 g/mol. The quantitative estimate of drug-likeness (QED) is 0.711. The molecule has 0 saturated carbocycles. The molecule has 2 nitrogen and oxygen atoms in total. The van der Waals surface area contributed by atoms with E-state index in [1.54, 1.807) is 7.11 Å². The number of benzene rings is 2. The molecule has 3 heteroatoms. The van der Waals surface area contributed by atoms with E-state index in [-0.39, 0.29) is 5.82 Å². The van der Waals surface area contributed by atoms with Gasteiger partial charge in [0.15, 0.2) is 0 Å². The van der Waals surface area contributed by atoms with Crippen LogP contribution in [0.3, 0.4) is 0 Å². The Hall–Kier alpha value is -2.03. The Morgan fingerprint density at radius 2 is 1.68 bits per heavy atom. The van der Waals surface area contributed by atoms with Gasteiger partial charge in [0.1, 0.15) is 11.6 Å². The molecule has 0 N–H and O–H groups in total. The average Bonchev–Trinajstić information content (AvgIpc) is 2.54. The predicted molar refractivity (Wildman–Crippen MR) is 89.9 cm³/mol. The minimum absolute atomic E-state index is 0.193. The van der Waals surface area contributed by atoms with E-state index in [4.69, 9.17) is 4.74 Å². The summed E-state index contributed by atoms with van der Waals surface area (Å²) < 4.78 is 18.3. The lowest BCUT2D eigenvalue weighted by Crippen LogP contribution is -2.32. The number of nitrogens with zero attached hydrogens (tertiary/aromatic N) is 1. The monoisotopic (exact) mass is 301 g/mol. The molecule has 118 valence electrons. The van der Waals surface area contributed by atoms with Gasteiger partial charge in [0.25, 0.3) is 0 Å². The summed E-state index contributed by atoms with van der Waals surface area (Å²) in [6.45, 7) is 5.20. The second-order valence-corrected chi connectivity index (χ2v) is 5.59. The second-order valence-electron chi connectivity index (χ2n) is 5.59. The van der Waals surface area contributed by atoms with Crippen LogP contribution in [0.4, 0.5) is 10.1 Å². The number of rotatable bonds is 7. The van der Waals surface area contributed by atoms with Gasteiger partial charge in [-0.15, -0.1) is 0 Å². The molecule has 0 spiro atoms. The fourth-order valence-electron chi connectivity index (χ4n) is 2.64. The summed E-state index contributed by atoms with van der Waals surface area (Å²) in [4.78, 5) is 2.36. The van der Waals surface area contributed by atoms with Crippen molar-refractivity contribution in [2.75, 3.05) is 12.0 Å². The SMILES string of the molecule is CCCC(C)N(Cc1ccc(F)cc1)c1ccc(OC)cc1. The molecule has 0 aliphatic heterocycles. The van der Waals surface area contributed by atoms with Crippen LogP contribution in [0.15, 0.2) is 48.5 Å². The van der Waals surface area contributed by atoms with Crippen molar-refractivity contribution in [3.8, 4) is 5.75 Å². The van der Waals surface area contributed by atoms with Crippen LogP contribution in [-0.2, 0) is 6.54 Å². The number of methoxy groups -OCH3 is 1. The van der Waals surface area contributed by atoms with Gasteiger partial charge >= 0.3 is 0 Å². The molecule has 22 heavy (non-hydrogen) atoms. The lowest BCUT2D eigenvalue weighted by Gasteiger charge is -2.31. The highest BCUT2D eigenvalue weighted by Gasteiger charge is 2.14. The zero-order valence-corrected chi connectivity index (χ0v) is 13.6. The predicted octanol–water partition coefficient (Wildman–Crippen LogP) is 5.03. The highest BCUT2D eigenvalue weighted by molar-refractivity contribution is 5.50. The van der Waals surface area contributed by atoms with E-state index >= 15 is 0 Å². The smallest absolute Gasteiger partial charge is 0.123 e. The van der Waals surface area contributed by atoms with Crippen molar-refractivity contribution >= 4 is 5.69 Å². The molecule has 1 unspecified atom stereocenters. The van der Waals surface area contributed by atoms with Crippen LogP contribution in [0.5, 0.6) is 5.75 Å². The Labute approximate surface area is 132 Å². The fraction of sp³-hybridized carbons (Fsp3) is 0.368. The molecule has 0 radical (unpaired) electrons. The van der Waals surface area contributed by atoms with E-state index in [9.17, 15) is 4.39 Å². The second kappa shape index (κ2) is 7.83. The van der Waals surface area contributed by atoms with Gasteiger partial charge in [-0.2, -0.15) is 0 Å². The molecular weight excluding hydrogens is 277 g/mol. The molecule has 0 amide bonds. The Kier molecular flexibility index (Phi) is 5.82. The third-order valence-corrected chi connectivity index (χ3v) is 3.91. The van der Waals surface area contributed by atoms with Crippen molar-refractivity contribution in [3.63, 3.8) is 0 Å². The van der Waals surface area contributed by atoms with Crippen molar-refractivity contribution in [3.05, 3.63) is 59.9 Å². The molecule has 1 atom stereocenters. The van der Waals surface area contributed by atoms with Crippen LogP contribution in [0, 0.1) is 5.82 Å². The van der Waals surface area contributed by atoms with Crippen molar-refractivity contribution in [1.29, 1.82) is 0 Å². The van der Waals surface area contributed by atoms with Crippen molar-refractivity contribution < 1.29 is 9.13 Å². The molecule has 0 aliphatic rings. The van der Waals surface area contributed by atoms with Gasteiger partial charge in [-0.3, -0.25) is 0 Å². The van der Waals surface area contributed by atoms with Gasteiger partial charge in [-0.1, -0.05) is 25.5 Å². The summed E-state index contributed by atoms with van der Waals surface area (Å²) in [5.74, 6) is 0.662. The number of halogens is 1. The Morgan fingerprint density at radius 1 is 1.05 bits per heavy atom. The minimum atomic E-state index is -0.193. The standard InChI is InChI=1S/C19H24FNO/c1-4-5-15(2)21(14-16-6-8-17(20)9-7-16)18-10-12-19(22-3)13-11-18/h6-13,15H,4-5,14H2,1-3H3. The van der Waals surface area contributed by atoms with Crippen molar-refractivity contribution in [1.82, 2.24) is 0 Å². The van der Waals surface area contributed by atoms with Crippen LogP contribution in [0.2, 0.25) is 0 Å². The molecular formula is C19H24FNO. The Balaban J connectivity index is 2.22. The summed E-state index contributed by atoms with van der Waals surface area (Å²) >= 11 is 0. The molecule has 2 aromatic carbocycles. The first-order valence-corrected chi connectivity index (χ1v) is 7.79. The largest absolute Gasteiger partial charge is 0.497 e. The van der Waals surface area contributed by atoms with Crippen LogP contribution in [0.25, 0.3) is 0 Å². The molecule has 2 rings (SSSR count). The normalized spacial score (nSPS) is 12.0. The highest BCUT2D eigenvalue weighted by atomic mass is 19.1. The molecule has 0 aromatic heterocycles. The molecule has 0 aliphatic carbocycles. The minimum Gasteiger partial charge on any atom is -0.497 e. The maximum Gasteiger partial charge on any atom is 0.123 e.